The van der Waals surface area contributed by atoms with E-state index in [2.05, 4.69) is 37.9 Å². The second kappa shape index (κ2) is 6.73. The second-order valence-corrected chi connectivity index (χ2v) is 6.72. The number of rotatable bonds is 5. The number of nitrogens with zero attached hydrogens (tertiary/aromatic N) is 5. The molecule has 1 amide bonds. The summed E-state index contributed by atoms with van der Waals surface area (Å²) in [7, 11) is 0. The van der Waals surface area contributed by atoms with Crippen molar-refractivity contribution in [2.75, 3.05) is 19.6 Å². The number of likely N-dealkylation sites (tertiary alicyclic amines) is 1. The molecule has 0 spiro atoms. The van der Waals surface area contributed by atoms with E-state index in [1.54, 1.807) is 0 Å². The SMILES string of the molecule is O=C1CCCN1CC[C@@H]1CN(Cc2ccncc2)Cc2ccnn21. The topological polar surface area (TPSA) is 54.3 Å². The van der Waals surface area contributed by atoms with E-state index in [0.29, 0.717) is 18.4 Å². The normalized spacial score (nSPS) is 21.2. The summed E-state index contributed by atoms with van der Waals surface area (Å²) in [5, 5.41) is 4.52. The van der Waals surface area contributed by atoms with Gasteiger partial charge in [-0.2, -0.15) is 5.10 Å². The van der Waals surface area contributed by atoms with Crippen molar-refractivity contribution in [3.8, 4) is 0 Å². The van der Waals surface area contributed by atoms with Crippen molar-refractivity contribution >= 4 is 5.91 Å². The molecular formula is C18H23N5O. The van der Waals surface area contributed by atoms with Crippen LogP contribution in [0, 0.1) is 0 Å². The molecule has 0 radical (unpaired) electrons. The average molecular weight is 325 g/mol. The first-order chi connectivity index (χ1) is 11.8. The third-order valence-electron chi connectivity index (χ3n) is 5.01. The van der Waals surface area contributed by atoms with Crippen molar-refractivity contribution in [3.63, 3.8) is 0 Å². The van der Waals surface area contributed by atoms with Crippen LogP contribution in [0.5, 0.6) is 0 Å². The van der Waals surface area contributed by atoms with Gasteiger partial charge in [0, 0.05) is 57.7 Å². The molecule has 0 bridgehead atoms. The molecule has 2 aromatic heterocycles. The maximum Gasteiger partial charge on any atom is 0.222 e. The van der Waals surface area contributed by atoms with Crippen LogP contribution in [0.25, 0.3) is 0 Å². The number of hydrogen-bond acceptors (Lipinski definition) is 4. The van der Waals surface area contributed by atoms with Gasteiger partial charge in [0.2, 0.25) is 5.91 Å². The largest absolute Gasteiger partial charge is 0.343 e. The molecule has 0 saturated carbocycles. The third-order valence-corrected chi connectivity index (χ3v) is 5.01. The first-order valence-electron chi connectivity index (χ1n) is 8.71. The van der Waals surface area contributed by atoms with Gasteiger partial charge in [0.15, 0.2) is 0 Å². The Morgan fingerprint density at radius 2 is 2.04 bits per heavy atom. The van der Waals surface area contributed by atoms with Gasteiger partial charge in [-0.1, -0.05) is 0 Å². The summed E-state index contributed by atoms with van der Waals surface area (Å²) in [5.74, 6) is 0.306. The number of carbonyl (C=O) groups excluding carboxylic acids is 1. The van der Waals surface area contributed by atoms with Gasteiger partial charge >= 0.3 is 0 Å². The summed E-state index contributed by atoms with van der Waals surface area (Å²) >= 11 is 0. The van der Waals surface area contributed by atoms with Crippen molar-refractivity contribution in [2.24, 2.45) is 0 Å². The van der Waals surface area contributed by atoms with Crippen LogP contribution in [0.3, 0.4) is 0 Å². The summed E-state index contributed by atoms with van der Waals surface area (Å²) in [5.41, 5.74) is 2.54. The molecule has 0 N–H and O–H groups in total. The maximum absolute atomic E-state index is 11.8. The van der Waals surface area contributed by atoms with Crippen molar-refractivity contribution in [1.29, 1.82) is 0 Å². The van der Waals surface area contributed by atoms with E-state index < -0.39 is 0 Å². The van der Waals surface area contributed by atoms with Crippen LogP contribution < -0.4 is 0 Å². The lowest BCUT2D eigenvalue weighted by Gasteiger charge is -2.34. The molecule has 1 fully saturated rings. The summed E-state index contributed by atoms with van der Waals surface area (Å²) in [4.78, 5) is 20.4. The predicted octanol–water partition coefficient (Wildman–Crippen LogP) is 1.85. The summed E-state index contributed by atoms with van der Waals surface area (Å²) in [6.07, 6.45) is 8.27. The number of fused-ring (bicyclic) bond motifs is 1. The number of amides is 1. The standard InChI is InChI=1S/C18H23N5O/c24-18-2-1-10-22(18)11-6-17-14-21(12-15-3-7-19-8-4-15)13-16-5-9-20-23(16)17/h3-5,7-9,17H,1-2,6,10-14H2/t17-/m1/s1. The zero-order valence-electron chi connectivity index (χ0n) is 13.8. The summed E-state index contributed by atoms with van der Waals surface area (Å²) in [6.45, 7) is 4.57. The Hall–Kier alpha value is -2.21. The van der Waals surface area contributed by atoms with E-state index >= 15 is 0 Å². The van der Waals surface area contributed by atoms with Crippen LogP contribution in [-0.2, 0) is 17.9 Å². The second-order valence-electron chi connectivity index (χ2n) is 6.72. The van der Waals surface area contributed by atoms with Crippen molar-refractivity contribution in [2.45, 2.75) is 38.4 Å². The van der Waals surface area contributed by atoms with Gasteiger partial charge in [0.25, 0.3) is 0 Å². The zero-order valence-corrected chi connectivity index (χ0v) is 13.8. The van der Waals surface area contributed by atoms with Gasteiger partial charge in [-0.05, 0) is 36.6 Å². The lowest BCUT2D eigenvalue weighted by atomic mass is 10.1. The lowest BCUT2D eigenvalue weighted by Crippen LogP contribution is -2.39. The van der Waals surface area contributed by atoms with Crippen molar-refractivity contribution < 1.29 is 4.79 Å². The molecule has 24 heavy (non-hydrogen) atoms. The van der Waals surface area contributed by atoms with Gasteiger partial charge < -0.3 is 4.90 Å². The molecule has 6 heteroatoms. The van der Waals surface area contributed by atoms with Crippen LogP contribution in [0.2, 0.25) is 0 Å². The summed E-state index contributed by atoms with van der Waals surface area (Å²) in [6, 6.07) is 6.58. The Morgan fingerprint density at radius 3 is 2.83 bits per heavy atom. The van der Waals surface area contributed by atoms with Gasteiger partial charge in [-0.25, -0.2) is 0 Å². The van der Waals surface area contributed by atoms with E-state index in [0.717, 1.165) is 45.6 Å². The van der Waals surface area contributed by atoms with Crippen molar-refractivity contribution in [1.82, 2.24) is 24.6 Å². The number of carbonyl (C=O) groups is 1. The monoisotopic (exact) mass is 325 g/mol. The molecule has 0 aromatic carbocycles. The minimum atomic E-state index is 0.306. The third kappa shape index (κ3) is 3.19. The molecule has 126 valence electrons. The van der Waals surface area contributed by atoms with E-state index in [9.17, 15) is 4.79 Å². The van der Waals surface area contributed by atoms with Crippen LogP contribution in [-0.4, -0.2) is 50.1 Å². The smallest absolute Gasteiger partial charge is 0.222 e. The fraction of sp³-hybridized carbons (Fsp3) is 0.500. The highest BCUT2D eigenvalue weighted by Crippen LogP contribution is 2.25. The first kappa shape index (κ1) is 15.3. The minimum absolute atomic E-state index is 0.306. The predicted molar refractivity (Wildman–Crippen MR) is 90.0 cm³/mol. The quantitative estimate of drug-likeness (QED) is 0.842. The van der Waals surface area contributed by atoms with Gasteiger partial charge in [-0.3, -0.25) is 19.4 Å². The molecule has 6 nitrogen and oxygen atoms in total. The first-order valence-corrected chi connectivity index (χ1v) is 8.71. The van der Waals surface area contributed by atoms with Crippen molar-refractivity contribution in [3.05, 3.63) is 48.0 Å². The Labute approximate surface area is 142 Å². The maximum atomic E-state index is 11.8. The minimum Gasteiger partial charge on any atom is -0.343 e. The Morgan fingerprint density at radius 1 is 1.17 bits per heavy atom. The fourth-order valence-corrected chi connectivity index (χ4v) is 3.79. The highest BCUT2D eigenvalue weighted by atomic mass is 16.2. The average Bonchev–Trinajstić information content (AvgIpc) is 3.22. The molecule has 1 atom stereocenters. The highest BCUT2D eigenvalue weighted by Gasteiger charge is 2.27. The lowest BCUT2D eigenvalue weighted by molar-refractivity contribution is -0.127. The van der Waals surface area contributed by atoms with Gasteiger partial charge in [0.05, 0.1) is 11.7 Å². The molecule has 0 aliphatic carbocycles. The van der Waals surface area contributed by atoms with Crippen LogP contribution in [0.4, 0.5) is 0 Å². The summed E-state index contributed by atoms with van der Waals surface area (Å²) < 4.78 is 2.16. The molecule has 4 heterocycles. The van der Waals surface area contributed by atoms with Crippen LogP contribution in [0.15, 0.2) is 36.8 Å². The molecular weight excluding hydrogens is 302 g/mol. The number of aromatic nitrogens is 3. The molecule has 2 aromatic rings. The highest BCUT2D eigenvalue weighted by molar-refractivity contribution is 5.77. The van der Waals surface area contributed by atoms with E-state index in [-0.39, 0.29) is 0 Å². The van der Waals surface area contributed by atoms with Gasteiger partial charge in [-0.15, -0.1) is 0 Å². The molecule has 2 aliphatic heterocycles. The number of hydrogen-bond donors (Lipinski definition) is 0. The van der Waals surface area contributed by atoms with Crippen LogP contribution >= 0.6 is 0 Å². The van der Waals surface area contributed by atoms with Gasteiger partial charge in [0.1, 0.15) is 0 Å². The molecule has 1 saturated heterocycles. The Kier molecular flexibility index (Phi) is 4.30. The molecule has 2 aliphatic rings. The van der Waals surface area contributed by atoms with Crippen LogP contribution in [0.1, 0.15) is 36.6 Å². The van der Waals surface area contributed by atoms with E-state index in [4.69, 9.17) is 0 Å². The molecule has 4 rings (SSSR count). The number of pyridine rings is 1. The Bertz CT molecular complexity index is 698. The van der Waals surface area contributed by atoms with E-state index in [1.165, 1.54) is 11.3 Å². The zero-order chi connectivity index (χ0) is 16.4. The molecule has 0 unspecified atom stereocenters. The fourth-order valence-electron chi connectivity index (χ4n) is 3.79. The Balaban J connectivity index is 1.44. The van der Waals surface area contributed by atoms with E-state index in [1.807, 2.05) is 23.5 Å².